The number of hydrogen-bond donors (Lipinski definition) is 0. The van der Waals surface area contributed by atoms with E-state index in [4.69, 9.17) is 4.74 Å². The summed E-state index contributed by atoms with van der Waals surface area (Å²) in [6, 6.07) is 4.81. The first-order chi connectivity index (χ1) is 8.19. The Morgan fingerprint density at radius 1 is 1.47 bits per heavy atom. The van der Waals surface area contributed by atoms with Crippen LogP contribution in [0.1, 0.15) is 25.3 Å². The average Bonchev–Trinajstić information content (AvgIpc) is 3.12. The van der Waals surface area contributed by atoms with E-state index in [0.717, 1.165) is 5.56 Å². The average molecular weight is 238 g/mol. The molecule has 1 saturated carbocycles. The van der Waals surface area contributed by atoms with Crippen molar-refractivity contribution in [3.8, 4) is 5.75 Å². The van der Waals surface area contributed by atoms with Crippen LogP contribution in [0.5, 0.6) is 5.75 Å². The van der Waals surface area contributed by atoms with Gasteiger partial charge in [-0.05, 0) is 55.4 Å². The summed E-state index contributed by atoms with van der Waals surface area (Å²) < 4.78 is 31.2. The molecule has 0 radical (unpaired) electrons. The molecule has 92 valence electrons. The van der Waals surface area contributed by atoms with Crippen LogP contribution in [-0.4, -0.2) is 6.61 Å². The first-order valence-corrected chi connectivity index (χ1v) is 5.86. The molecule has 0 bridgehead atoms. The molecule has 0 amide bonds. The molecule has 3 heteroatoms. The van der Waals surface area contributed by atoms with Gasteiger partial charge in [-0.1, -0.05) is 6.07 Å². The Bertz CT molecular complexity index is 422. The van der Waals surface area contributed by atoms with E-state index in [1.165, 1.54) is 18.9 Å². The molecule has 1 aromatic rings. The Morgan fingerprint density at radius 2 is 2.24 bits per heavy atom. The van der Waals surface area contributed by atoms with Gasteiger partial charge in [-0.15, -0.1) is 0 Å². The summed E-state index contributed by atoms with van der Waals surface area (Å²) in [5, 5.41) is 0. The van der Waals surface area contributed by atoms with Gasteiger partial charge in [0.15, 0.2) is 11.6 Å². The van der Waals surface area contributed by atoms with E-state index in [9.17, 15) is 8.78 Å². The fourth-order valence-corrected chi connectivity index (χ4v) is 1.62. The van der Waals surface area contributed by atoms with Crippen molar-refractivity contribution < 1.29 is 13.5 Å². The smallest absolute Gasteiger partial charge is 0.165 e. The molecule has 1 aliphatic rings. The van der Waals surface area contributed by atoms with Gasteiger partial charge in [0.05, 0.1) is 12.9 Å². The SMILES string of the molecule is C/C(=C\F)Cc1ccc(OCC2CC2)c(F)c1. The van der Waals surface area contributed by atoms with Crippen molar-refractivity contribution in [1.82, 2.24) is 0 Å². The predicted molar refractivity (Wildman–Crippen MR) is 63.2 cm³/mol. The first kappa shape index (κ1) is 12.1. The second kappa shape index (κ2) is 5.30. The van der Waals surface area contributed by atoms with Gasteiger partial charge < -0.3 is 4.74 Å². The number of benzene rings is 1. The monoisotopic (exact) mass is 238 g/mol. The highest BCUT2D eigenvalue weighted by atomic mass is 19.1. The summed E-state index contributed by atoms with van der Waals surface area (Å²) in [6.07, 6.45) is 3.34. The van der Waals surface area contributed by atoms with Crippen molar-refractivity contribution in [3.63, 3.8) is 0 Å². The van der Waals surface area contributed by atoms with Crippen LogP contribution in [-0.2, 0) is 6.42 Å². The van der Waals surface area contributed by atoms with Crippen molar-refractivity contribution in [1.29, 1.82) is 0 Å². The zero-order valence-electron chi connectivity index (χ0n) is 9.88. The summed E-state index contributed by atoms with van der Waals surface area (Å²) >= 11 is 0. The molecule has 0 saturated heterocycles. The third kappa shape index (κ3) is 3.55. The van der Waals surface area contributed by atoms with E-state index in [1.807, 2.05) is 0 Å². The van der Waals surface area contributed by atoms with Crippen molar-refractivity contribution >= 4 is 0 Å². The molecule has 0 aromatic heterocycles. The van der Waals surface area contributed by atoms with Gasteiger partial charge in [0.25, 0.3) is 0 Å². The number of rotatable bonds is 5. The topological polar surface area (TPSA) is 9.23 Å². The summed E-state index contributed by atoms with van der Waals surface area (Å²) in [4.78, 5) is 0. The van der Waals surface area contributed by atoms with Crippen molar-refractivity contribution in [2.75, 3.05) is 6.61 Å². The van der Waals surface area contributed by atoms with Gasteiger partial charge in [0.1, 0.15) is 0 Å². The molecule has 0 aliphatic heterocycles. The van der Waals surface area contributed by atoms with Crippen LogP contribution in [0.2, 0.25) is 0 Å². The Labute approximate surface area is 100 Å². The van der Waals surface area contributed by atoms with E-state index in [-0.39, 0.29) is 5.82 Å². The zero-order valence-corrected chi connectivity index (χ0v) is 9.88. The van der Waals surface area contributed by atoms with E-state index >= 15 is 0 Å². The summed E-state index contributed by atoms with van der Waals surface area (Å²) in [5.74, 6) is 0.531. The quantitative estimate of drug-likeness (QED) is 0.752. The third-order valence-corrected chi connectivity index (χ3v) is 2.84. The number of halogens is 2. The number of hydrogen-bond acceptors (Lipinski definition) is 1. The molecule has 1 nitrogen and oxygen atoms in total. The van der Waals surface area contributed by atoms with E-state index in [1.54, 1.807) is 19.1 Å². The lowest BCUT2D eigenvalue weighted by Gasteiger charge is -2.08. The van der Waals surface area contributed by atoms with Crippen molar-refractivity contribution in [2.24, 2.45) is 5.92 Å². The maximum atomic E-state index is 13.6. The van der Waals surface area contributed by atoms with Crippen molar-refractivity contribution in [2.45, 2.75) is 26.2 Å². The van der Waals surface area contributed by atoms with Gasteiger partial charge in [0, 0.05) is 0 Å². The molecule has 0 N–H and O–H groups in total. The number of allylic oxidation sites excluding steroid dienone is 1. The predicted octanol–water partition coefficient (Wildman–Crippen LogP) is 4.03. The van der Waals surface area contributed by atoms with Crippen LogP contribution in [0.3, 0.4) is 0 Å². The minimum atomic E-state index is -0.366. The van der Waals surface area contributed by atoms with Crippen LogP contribution in [0.15, 0.2) is 30.1 Å². The molecule has 0 atom stereocenters. The lowest BCUT2D eigenvalue weighted by molar-refractivity contribution is 0.285. The van der Waals surface area contributed by atoms with Crippen LogP contribution in [0.4, 0.5) is 8.78 Å². The summed E-state index contributed by atoms with van der Waals surface area (Å²) in [5.41, 5.74) is 1.34. The number of ether oxygens (including phenoxy) is 1. The summed E-state index contributed by atoms with van der Waals surface area (Å²) in [7, 11) is 0. The zero-order chi connectivity index (χ0) is 12.3. The molecule has 0 spiro atoms. The molecule has 1 fully saturated rings. The highest BCUT2D eigenvalue weighted by Crippen LogP contribution is 2.30. The minimum Gasteiger partial charge on any atom is -0.490 e. The molecule has 1 aliphatic carbocycles. The fourth-order valence-electron chi connectivity index (χ4n) is 1.62. The van der Waals surface area contributed by atoms with Gasteiger partial charge in [-0.2, -0.15) is 0 Å². The van der Waals surface area contributed by atoms with Crippen molar-refractivity contribution in [3.05, 3.63) is 41.5 Å². The summed E-state index contributed by atoms with van der Waals surface area (Å²) in [6.45, 7) is 2.27. The van der Waals surface area contributed by atoms with Crippen LogP contribution in [0, 0.1) is 11.7 Å². The largest absolute Gasteiger partial charge is 0.490 e. The molecular formula is C14H16F2O. The standard InChI is InChI=1S/C14H16F2O/c1-10(8-15)6-12-4-5-14(13(16)7-12)17-9-11-2-3-11/h4-5,7-8,11H,2-3,6,9H2,1H3/b10-8+. The maximum absolute atomic E-state index is 13.6. The fraction of sp³-hybridized carbons (Fsp3) is 0.429. The van der Waals surface area contributed by atoms with E-state index < -0.39 is 0 Å². The Kier molecular flexibility index (Phi) is 3.77. The molecule has 17 heavy (non-hydrogen) atoms. The maximum Gasteiger partial charge on any atom is 0.165 e. The highest BCUT2D eigenvalue weighted by Gasteiger charge is 2.22. The van der Waals surface area contributed by atoms with Crippen LogP contribution < -0.4 is 4.74 Å². The second-order valence-electron chi connectivity index (χ2n) is 4.65. The van der Waals surface area contributed by atoms with Gasteiger partial charge in [-0.3, -0.25) is 0 Å². The van der Waals surface area contributed by atoms with Crippen LogP contribution in [0.25, 0.3) is 0 Å². The molecular weight excluding hydrogens is 222 g/mol. The first-order valence-electron chi connectivity index (χ1n) is 5.86. The van der Waals surface area contributed by atoms with Gasteiger partial charge >= 0.3 is 0 Å². The Balaban J connectivity index is 1.99. The lowest BCUT2D eigenvalue weighted by atomic mass is 10.1. The molecule has 1 aromatic carbocycles. The minimum absolute atomic E-state index is 0.294. The normalized spacial score (nSPS) is 16.1. The molecule has 0 heterocycles. The third-order valence-electron chi connectivity index (χ3n) is 2.84. The molecule has 0 unspecified atom stereocenters. The lowest BCUT2D eigenvalue weighted by Crippen LogP contribution is -2.01. The second-order valence-corrected chi connectivity index (χ2v) is 4.65. The van der Waals surface area contributed by atoms with E-state index in [0.29, 0.717) is 36.6 Å². The van der Waals surface area contributed by atoms with Gasteiger partial charge in [0.2, 0.25) is 0 Å². The van der Waals surface area contributed by atoms with Gasteiger partial charge in [-0.25, -0.2) is 8.78 Å². The Morgan fingerprint density at radius 3 is 2.82 bits per heavy atom. The highest BCUT2D eigenvalue weighted by molar-refractivity contribution is 5.31. The molecule has 2 rings (SSSR count). The Hall–Kier alpha value is -1.38. The van der Waals surface area contributed by atoms with Crippen LogP contribution >= 0.6 is 0 Å². The van der Waals surface area contributed by atoms with E-state index in [2.05, 4.69) is 0 Å².